The van der Waals surface area contributed by atoms with E-state index in [1.807, 2.05) is 52.8 Å². The number of nitrogens with zero attached hydrogens (tertiary/aromatic N) is 6. The van der Waals surface area contributed by atoms with Crippen molar-refractivity contribution in [3.8, 4) is 0 Å². The number of aromatic nitrogens is 5. The van der Waals surface area contributed by atoms with E-state index >= 15 is 0 Å². The number of amides is 1. The molecular weight excluding hydrogens is 366 g/mol. The van der Waals surface area contributed by atoms with Gasteiger partial charge in [-0.05, 0) is 17.4 Å². The van der Waals surface area contributed by atoms with Gasteiger partial charge in [0.1, 0.15) is 5.82 Å². The van der Waals surface area contributed by atoms with Crippen molar-refractivity contribution in [1.29, 1.82) is 0 Å². The molecule has 1 saturated heterocycles. The smallest absolute Gasteiger partial charge is 0.289 e. The summed E-state index contributed by atoms with van der Waals surface area (Å²) in [7, 11) is 1.95. The summed E-state index contributed by atoms with van der Waals surface area (Å²) in [6.07, 6.45) is 4.89. The van der Waals surface area contributed by atoms with Crippen molar-refractivity contribution in [3.05, 3.63) is 65.5 Å². The minimum atomic E-state index is -0.156. The third kappa shape index (κ3) is 3.67. The second-order valence-corrected chi connectivity index (χ2v) is 8.16. The molecule has 0 aliphatic carbocycles. The van der Waals surface area contributed by atoms with Gasteiger partial charge in [0.05, 0.1) is 6.20 Å². The fourth-order valence-corrected chi connectivity index (χ4v) is 4.59. The predicted octanol–water partition coefficient (Wildman–Crippen LogP) is 1.25. The van der Waals surface area contributed by atoms with E-state index in [4.69, 9.17) is 0 Å². The molecule has 8 heteroatoms. The average molecular weight is 391 g/mol. The third-order valence-corrected chi connectivity index (χ3v) is 6.00. The Bertz CT molecular complexity index is 1010. The summed E-state index contributed by atoms with van der Waals surface area (Å²) in [5.74, 6) is 2.30. The highest BCUT2D eigenvalue weighted by Gasteiger charge is 2.39. The zero-order valence-electron chi connectivity index (χ0n) is 16.5. The average Bonchev–Trinajstić information content (AvgIpc) is 3.43. The van der Waals surface area contributed by atoms with E-state index in [9.17, 15) is 4.79 Å². The number of hydrogen-bond acceptors (Lipinski definition) is 5. The lowest BCUT2D eigenvalue weighted by molar-refractivity contribution is 0.0932. The maximum atomic E-state index is 12.7. The van der Waals surface area contributed by atoms with Gasteiger partial charge < -0.3 is 9.88 Å². The van der Waals surface area contributed by atoms with Crippen molar-refractivity contribution in [3.63, 3.8) is 0 Å². The first-order valence-electron chi connectivity index (χ1n) is 10.1. The van der Waals surface area contributed by atoms with Crippen LogP contribution >= 0.6 is 0 Å². The first-order valence-corrected chi connectivity index (χ1v) is 10.1. The molecule has 29 heavy (non-hydrogen) atoms. The molecule has 2 aromatic heterocycles. The lowest BCUT2D eigenvalue weighted by atomic mass is 9.89. The molecule has 0 bridgehead atoms. The fraction of sp³-hybridized carbons (Fsp3) is 0.429. The van der Waals surface area contributed by atoms with Gasteiger partial charge in [0.2, 0.25) is 5.82 Å². The van der Waals surface area contributed by atoms with Crippen molar-refractivity contribution in [1.82, 2.24) is 34.8 Å². The zero-order chi connectivity index (χ0) is 19.8. The highest BCUT2D eigenvalue weighted by atomic mass is 16.2. The van der Waals surface area contributed by atoms with Crippen LogP contribution in [-0.4, -0.2) is 48.4 Å². The van der Waals surface area contributed by atoms with Crippen LogP contribution in [0.15, 0.2) is 42.7 Å². The Kier molecular flexibility index (Phi) is 4.63. The number of hydrogen-bond donors (Lipinski definition) is 1. The van der Waals surface area contributed by atoms with Crippen LogP contribution in [0.3, 0.4) is 0 Å². The molecule has 3 aromatic rings. The molecule has 1 N–H and O–H groups in total. The Morgan fingerprint density at radius 3 is 2.72 bits per heavy atom. The summed E-state index contributed by atoms with van der Waals surface area (Å²) in [6, 6.07) is 9.91. The van der Waals surface area contributed by atoms with Crippen LogP contribution < -0.4 is 5.32 Å². The molecule has 2 atom stereocenters. The molecule has 1 aromatic carbocycles. The number of rotatable bonds is 5. The van der Waals surface area contributed by atoms with Crippen LogP contribution in [0, 0.1) is 11.8 Å². The summed E-state index contributed by atoms with van der Waals surface area (Å²) in [4.78, 5) is 15.2. The van der Waals surface area contributed by atoms with E-state index < -0.39 is 0 Å². The van der Waals surface area contributed by atoms with Crippen molar-refractivity contribution < 1.29 is 4.79 Å². The number of nitrogens with one attached hydrogen (secondary N) is 1. The van der Waals surface area contributed by atoms with Crippen LogP contribution in [0.1, 0.15) is 27.6 Å². The first-order chi connectivity index (χ1) is 14.2. The topological polar surface area (TPSA) is 80.9 Å². The van der Waals surface area contributed by atoms with Gasteiger partial charge in [-0.2, -0.15) is 5.10 Å². The maximum Gasteiger partial charge on any atom is 0.289 e. The molecule has 1 amide bonds. The standard InChI is InChI=1S/C21H25N7O/c1-26-10-16(9-23-26)11-27-12-17-7-19-24-25-20(28(19)14-18(17)13-27)21(29)22-8-15-5-3-2-4-6-15/h2-6,9-10,17-18H,7-8,11-14H2,1H3,(H,22,29)/t17-,18-/m1/s1. The number of carbonyl (C=O) groups excluding carboxylic acids is 1. The quantitative estimate of drug-likeness (QED) is 0.708. The van der Waals surface area contributed by atoms with Crippen LogP contribution in [0.25, 0.3) is 0 Å². The van der Waals surface area contributed by atoms with Gasteiger partial charge in [-0.1, -0.05) is 30.3 Å². The Labute approximate surface area is 169 Å². The molecular formula is C21H25N7O. The lowest BCUT2D eigenvalue weighted by Gasteiger charge is -2.25. The maximum absolute atomic E-state index is 12.7. The molecule has 0 radical (unpaired) electrons. The summed E-state index contributed by atoms with van der Waals surface area (Å²) < 4.78 is 3.87. The van der Waals surface area contributed by atoms with Gasteiger partial charge in [0.15, 0.2) is 0 Å². The largest absolute Gasteiger partial charge is 0.345 e. The lowest BCUT2D eigenvalue weighted by Crippen LogP contribution is -2.32. The molecule has 5 rings (SSSR count). The van der Waals surface area contributed by atoms with E-state index in [0.29, 0.717) is 24.2 Å². The highest BCUT2D eigenvalue weighted by Crippen LogP contribution is 2.33. The third-order valence-electron chi connectivity index (χ3n) is 6.00. The van der Waals surface area contributed by atoms with Crippen LogP contribution in [0.4, 0.5) is 0 Å². The van der Waals surface area contributed by atoms with Gasteiger partial charge >= 0.3 is 0 Å². The van der Waals surface area contributed by atoms with Crippen LogP contribution in [0.5, 0.6) is 0 Å². The Hall–Kier alpha value is -3.00. The highest BCUT2D eigenvalue weighted by molar-refractivity contribution is 5.90. The summed E-state index contributed by atoms with van der Waals surface area (Å²) in [5, 5.41) is 15.8. The summed E-state index contributed by atoms with van der Waals surface area (Å²) in [6.45, 7) is 4.31. The number of fused-ring (bicyclic) bond motifs is 2. The molecule has 2 aliphatic heterocycles. The van der Waals surface area contributed by atoms with E-state index in [-0.39, 0.29) is 5.91 Å². The van der Waals surface area contributed by atoms with Gasteiger partial charge in [0.25, 0.3) is 5.91 Å². The minimum absolute atomic E-state index is 0.156. The van der Waals surface area contributed by atoms with Crippen molar-refractivity contribution in [2.24, 2.45) is 18.9 Å². The number of likely N-dealkylation sites (tertiary alicyclic amines) is 1. The predicted molar refractivity (Wildman–Crippen MR) is 107 cm³/mol. The van der Waals surface area contributed by atoms with E-state index in [0.717, 1.165) is 44.0 Å². The number of carbonyl (C=O) groups is 1. The summed E-state index contributed by atoms with van der Waals surface area (Å²) in [5.41, 5.74) is 2.31. The Morgan fingerprint density at radius 2 is 1.93 bits per heavy atom. The first kappa shape index (κ1) is 18.1. The Morgan fingerprint density at radius 1 is 1.10 bits per heavy atom. The number of benzene rings is 1. The van der Waals surface area contributed by atoms with E-state index in [2.05, 4.69) is 31.7 Å². The minimum Gasteiger partial charge on any atom is -0.345 e. The van der Waals surface area contributed by atoms with Crippen molar-refractivity contribution in [2.45, 2.75) is 26.1 Å². The summed E-state index contributed by atoms with van der Waals surface area (Å²) >= 11 is 0. The molecule has 0 saturated carbocycles. The zero-order valence-corrected chi connectivity index (χ0v) is 16.5. The molecule has 0 spiro atoms. The van der Waals surface area contributed by atoms with Crippen LogP contribution in [-0.2, 0) is 33.1 Å². The van der Waals surface area contributed by atoms with Gasteiger partial charge in [-0.25, -0.2) is 0 Å². The van der Waals surface area contributed by atoms with Gasteiger partial charge in [0, 0.05) is 58.0 Å². The molecule has 150 valence electrons. The normalized spacial score (nSPS) is 21.0. The second-order valence-electron chi connectivity index (χ2n) is 8.16. The van der Waals surface area contributed by atoms with Crippen molar-refractivity contribution >= 4 is 5.91 Å². The van der Waals surface area contributed by atoms with Crippen molar-refractivity contribution in [2.75, 3.05) is 13.1 Å². The Balaban J connectivity index is 1.24. The fourth-order valence-electron chi connectivity index (χ4n) is 4.59. The molecule has 8 nitrogen and oxygen atoms in total. The molecule has 0 unspecified atom stereocenters. The SMILES string of the molecule is Cn1cc(CN2C[C@H]3Cc4nnc(C(=O)NCc5ccccc5)n4C[C@H]3C2)cn1. The van der Waals surface area contributed by atoms with E-state index in [1.165, 1.54) is 5.56 Å². The molecule has 2 aliphatic rings. The molecule has 1 fully saturated rings. The second kappa shape index (κ2) is 7.44. The van der Waals surface area contributed by atoms with E-state index in [1.54, 1.807) is 0 Å². The number of aryl methyl sites for hydroxylation is 1. The van der Waals surface area contributed by atoms with Gasteiger partial charge in [-0.3, -0.25) is 14.4 Å². The monoisotopic (exact) mass is 391 g/mol. The van der Waals surface area contributed by atoms with Gasteiger partial charge in [-0.15, -0.1) is 10.2 Å². The molecule has 4 heterocycles. The van der Waals surface area contributed by atoms with Crippen LogP contribution in [0.2, 0.25) is 0 Å².